The Morgan fingerprint density at radius 3 is 1.36 bits per heavy atom. The van der Waals surface area contributed by atoms with Crippen molar-refractivity contribution in [2.45, 2.75) is 194 Å². The van der Waals surface area contributed by atoms with Crippen molar-refractivity contribution >= 4 is 108 Å². The van der Waals surface area contributed by atoms with E-state index in [1.807, 2.05) is 49.0 Å². The lowest BCUT2D eigenvalue weighted by Gasteiger charge is -2.49. The minimum Gasteiger partial charge on any atom is -0.348 e. The lowest BCUT2D eigenvalue weighted by Crippen LogP contribution is -2.61. The molecule has 0 unspecified atom stereocenters. The predicted molar refractivity (Wildman–Crippen MR) is 400 cm³/mol. The molecular weight excluding hydrogens is 1240 g/mol. The SMILES string of the molecule is CN(c1nc2cnc(-c3ccc4nn(C)cc4c3)cc2s1)C1CC(C)(C)NC(C)(C)C1.Cc1cc(-c2cc3sc(N(C)C4CC(C)(C)NC(C)(C)C4)nc3cn2)cc2cn(C)nc12.Cc1cn2cc(-c3ccc4nc(N(C)C5CC(C)(C)NC(C)(C)C5)sc4c3)cc(C)c2n1. The quantitative estimate of drug-likeness (QED) is 0.125. The van der Waals surface area contributed by atoms with Gasteiger partial charge in [0.2, 0.25) is 0 Å². The molecule has 9 aromatic heterocycles. The topological polar surface area (TPSA) is 163 Å². The van der Waals surface area contributed by atoms with E-state index in [9.17, 15) is 0 Å². The molecular formula is C75H95N17S3. The first kappa shape index (κ1) is 66.2. The summed E-state index contributed by atoms with van der Waals surface area (Å²) in [6.07, 6.45) is 18.8. The molecule has 3 aliphatic heterocycles. The molecule has 3 fully saturated rings. The molecule has 17 nitrogen and oxygen atoms in total. The van der Waals surface area contributed by atoms with E-state index in [1.165, 1.54) is 36.4 Å². The fourth-order valence-corrected chi connectivity index (χ4v) is 19.1. The second kappa shape index (κ2) is 24.3. The van der Waals surface area contributed by atoms with Crippen LogP contribution in [0.1, 0.15) is 138 Å². The smallest absolute Gasteiger partial charge is 0.186 e. The van der Waals surface area contributed by atoms with Crippen LogP contribution in [0.3, 0.4) is 0 Å². The number of aryl methyl sites for hydroxylation is 5. The number of anilines is 3. The van der Waals surface area contributed by atoms with Crippen LogP contribution in [0.2, 0.25) is 0 Å². The Bertz CT molecular complexity index is 4600. The maximum atomic E-state index is 5.00. The molecule has 3 aromatic carbocycles. The first-order chi connectivity index (χ1) is 44.6. The number of hydrogen-bond acceptors (Lipinski definition) is 17. The second-order valence-corrected chi connectivity index (χ2v) is 34.6. The van der Waals surface area contributed by atoms with E-state index < -0.39 is 0 Å². The Morgan fingerprint density at radius 1 is 0.421 bits per heavy atom. The molecule has 3 saturated heterocycles. The molecule has 12 heterocycles. The van der Waals surface area contributed by atoms with Crippen molar-refractivity contribution in [3.63, 3.8) is 0 Å². The number of aromatic nitrogens is 11. The largest absolute Gasteiger partial charge is 0.348 e. The van der Waals surface area contributed by atoms with Crippen LogP contribution in [0, 0.1) is 20.8 Å². The van der Waals surface area contributed by atoms with E-state index in [4.69, 9.17) is 24.9 Å². The van der Waals surface area contributed by atoms with Gasteiger partial charge in [-0.15, -0.1) is 0 Å². The zero-order valence-corrected chi connectivity index (χ0v) is 61.7. The summed E-state index contributed by atoms with van der Waals surface area (Å²) in [5, 5.41) is 25.9. The van der Waals surface area contributed by atoms with Gasteiger partial charge in [0.25, 0.3) is 0 Å². The summed E-state index contributed by atoms with van der Waals surface area (Å²) in [6, 6.07) is 25.2. The van der Waals surface area contributed by atoms with E-state index in [0.29, 0.717) is 18.1 Å². The summed E-state index contributed by atoms with van der Waals surface area (Å²) in [7, 11) is 10.5. The lowest BCUT2D eigenvalue weighted by atomic mass is 9.79. The van der Waals surface area contributed by atoms with Gasteiger partial charge in [-0.3, -0.25) is 19.3 Å². The summed E-state index contributed by atoms with van der Waals surface area (Å²) in [6.45, 7) is 33.9. The number of rotatable bonds is 9. The highest BCUT2D eigenvalue weighted by atomic mass is 32.1. The van der Waals surface area contributed by atoms with Gasteiger partial charge in [-0.05, 0) is 219 Å². The number of thiazole rings is 3. The van der Waals surface area contributed by atoms with Crippen LogP contribution in [-0.4, -0.2) is 126 Å². The monoisotopic (exact) mass is 1330 g/mol. The Balaban J connectivity index is 0.000000129. The molecule has 0 amide bonds. The molecule has 15 rings (SSSR count). The van der Waals surface area contributed by atoms with Gasteiger partial charge in [-0.25, -0.2) is 19.9 Å². The molecule has 95 heavy (non-hydrogen) atoms. The lowest BCUT2D eigenvalue weighted by molar-refractivity contribution is 0.160. The van der Waals surface area contributed by atoms with E-state index >= 15 is 0 Å². The fourth-order valence-electron chi connectivity index (χ4n) is 16.0. The Morgan fingerprint density at radius 2 is 0.842 bits per heavy atom. The van der Waals surface area contributed by atoms with E-state index in [-0.39, 0.29) is 33.2 Å². The summed E-state index contributed by atoms with van der Waals surface area (Å²) in [5.41, 5.74) is 16.7. The number of fused-ring (bicyclic) bond motifs is 6. The van der Waals surface area contributed by atoms with Gasteiger partial charge in [0.1, 0.15) is 16.7 Å². The summed E-state index contributed by atoms with van der Waals surface area (Å²) in [5.74, 6) is 0. The van der Waals surface area contributed by atoms with Crippen molar-refractivity contribution < 1.29 is 0 Å². The minimum absolute atomic E-state index is 0.106. The van der Waals surface area contributed by atoms with Crippen LogP contribution in [0.5, 0.6) is 0 Å². The van der Waals surface area contributed by atoms with Crippen LogP contribution in [0.4, 0.5) is 15.4 Å². The number of imidazole rings is 1. The summed E-state index contributed by atoms with van der Waals surface area (Å²) >= 11 is 5.31. The van der Waals surface area contributed by atoms with E-state index in [0.717, 1.165) is 126 Å². The molecule has 0 aliphatic carbocycles. The maximum absolute atomic E-state index is 5.00. The van der Waals surface area contributed by atoms with Gasteiger partial charge in [0.15, 0.2) is 15.4 Å². The number of benzene rings is 3. The van der Waals surface area contributed by atoms with E-state index in [2.05, 4.69) is 254 Å². The summed E-state index contributed by atoms with van der Waals surface area (Å²) in [4.78, 5) is 36.1. The molecule has 0 spiro atoms. The number of nitrogens with zero attached hydrogens (tertiary/aromatic N) is 14. The molecule has 0 bridgehead atoms. The second-order valence-electron chi connectivity index (χ2n) is 31.6. The highest BCUT2D eigenvalue weighted by Crippen LogP contribution is 2.42. The molecule has 0 radical (unpaired) electrons. The molecule has 498 valence electrons. The highest BCUT2D eigenvalue weighted by molar-refractivity contribution is 7.23. The predicted octanol–water partition coefficient (Wildman–Crippen LogP) is 16.3. The summed E-state index contributed by atoms with van der Waals surface area (Å²) < 4.78 is 9.43. The highest BCUT2D eigenvalue weighted by Gasteiger charge is 2.42. The van der Waals surface area contributed by atoms with Gasteiger partial charge < -0.3 is 35.1 Å². The third-order valence-electron chi connectivity index (χ3n) is 19.3. The van der Waals surface area contributed by atoms with Crippen molar-refractivity contribution in [2.24, 2.45) is 14.1 Å². The maximum Gasteiger partial charge on any atom is 0.186 e. The average molecular weight is 1330 g/mol. The van der Waals surface area contributed by atoms with Crippen molar-refractivity contribution in [1.82, 2.24) is 69.8 Å². The number of hydrogen-bond donors (Lipinski definition) is 3. The van der Waals surface area contributed by atoms with Crippen LogP contribution in [0.25, 0.3) is 91.7 Å². The fraction of sp³-hybridized carbons (Fsp3) is 0.467. The molecule has 3 aliphatic rings. The Kier molecular flexibility index (Phi) is 16.9. The zero-order chi connectivity index (χ0) is 67.6. The zero-order valence-electron chi connectivity index (χ0n) is 59.3. The molecule has 3 N–H and O–H groups in total. The third kappa shape index (κ3) is 14.2. The number of pyridine rings is 3. The number of piperidine rings is 3. The average Bonchev–Trinajstić information content (AvgIpc) is 1.71. The number of nitrogens with one attached hydrogen (secondary N) is 3. The van der Waals surface area contributed by atoms with Crippen molar-refractivity contribution in [2.75, 3.05) is 35.8 Å². The van der Waals surface area contributed by atoms with Crippen molar-refractivity contribution in [3.05, 3.63) is 121 Å². The molecule has 12 aromatic rings. The Hall–Kier alpha value is -7.46. The first-order valence-electron chi connectivity index (χ1n) is 33.4. The van der Waals surface area contributed by atoms with Gasteiger partial charge >= 0.3 is 0 Å². The first-order valence-corrected chi connectivity index (χ1v) is 35.9. The van der Waals surface area contributed by atoms with Crippen LogP contribution >= 0.6 is 34.0 Å². The van der Waals surface area contributed by atoms with Crippen molar-refractivity contribution in [3.8, 4) is 33.6 Å². The van der Waals surface area contributed by atoms with Crippen LogP contribution in [0.15, 0.2) is 104 Å². The molecule has 0 saturated carbocycles. The van der Waals surface area contributed by atoms with Crippen LogP contribution < -0.4 is 30.7 Å². The van der Waals surface area contributed by atoms with Gasteiger partial charge in [0.05, 0.1) is 60.1 Å². The van der Waals surface area contributed by atoms with E-state index in [1.54, 1.807) is 34.0 Å². The molecule has 20 heteroatoms. The van der Waals surface area contributed by atoms with Gasteiger partial charge in [0, 0.05) is 133 Å². The normalized spacial score (nSPS) is 18.5. The van der Waals surface area contributed by atoms with Gasteiger partial charge in [-0.1, -0.05) is 46.1 Å². The van der Waals surface area contributed by atoms with Crippen LogP contribution in [-0.2, 0) is 14.1 Å². The Labute approximate surface area is 571 Å². The third-order valence-corrected chi connectivity index (χ3v) is 22.6. The van der Waals surface area contributed by atoms with Crippen molar-refractivity contribution in [1.29, 1.82) is 0 Å². The van der Waals surface area contributed by atoms with Gasteiger partial charge in [-0.2, -0.15) is 10.2 Å². The molecule has 0 atom stereocenters. The standard InChI is InChI=1S/C26H33N5S.C25H32N6S.C24H30N6S/c1-16-10-19(15-31-14-17(2)27-23(16)31)18-8-9-21-22(11-18)32-24(28-21)30(7)20-12-25(3,4)29-26(5,6)13-20;1-15-8-16(9-17-14-30(6)28-22(15)17)19-10-21-20(13-26-19)27-23(32-21)31(7)18-11-24(2,3)29-25(4,5)12-18;1-23(2)11-17(12-24(3,4)28-23)30(6)22-26-20-13-25-19(10-21(20)31-22)15-7-8-18-16(9-15)14-29(5)27-18/h8-11,14-15,20,29H,12-13H2,1-7H3;8-10,13-14,18,29H,11-12H2,1-7H3;7-10,13-14,17,28H,11-12H2,1-6H3. The minimum atomic E-state index is 0.106.